The third kappa shape index (κ3) is 2.05. The molecule has 0 aliphatic heterocycles. The number of esters is 1. The molecule has 2 aromatic rings. The topological polar surface area (TPSA) is 30.7 Å². The molecule has 0 aliphatic rings. The molecule has 0 radical (unpaired) electrons. The van der Waals surface area contributed by atoms with E-state index in [0.29, 0.717) is 6.61 Å². The second kappa shape index (κ2) is 4.62. The summed E-state index contributed by atoms with van der Waals surface area (Å²) in [5, 5.41) is 0. The van der Waals surface area contributed by atoms with E-state index in [4.69, 9.17) is 4.74 Å². The predicted octanol–water partition coefficient (Wildman–Crippen LogP) is 2.91. The summed E-state index contributed by atoms with van der Waals surface area (Å²) in [5.41, 5.74) is 3.26. The second-order valence-electron chi connectivity index (χ2n) is 4.19. The first-order valence-electron chi connectivity index (χ1n) is 5.88. The Labute approximate surface area is 101 Å². The van der Waals surface area contributed by atoms with Gasteiger partial charge in [-0.2, -0.15) is 0 Å². The van der Waals surface area contributed by atoms with Crippen molar-refractivity contribution >= 4 is 11.5 Å². The molecule has 2 aromatic heterocycles. The van der Waals surface area contributed by atoms with E-state index < -0.39 is 0 Å². The van der Waals surface area contributed by atoms with Crippen LogP contribution in [0.1, 0.15) is 30.9 Å². The molecule has 2 heterocycles. The number of fused-ring (bicyclic) bond motifs is 1. The number of aromatic nitrogens is 1. The van der Waals surface area contributed by atoms with Gasteiger partial charge in [0.2, 0.25) is 0 Å². The zero-order valence-corrected chi connectivity index (χ0v) is 10.4. The average Bonchev–Trinajstić information content (AvgIpc) is 2.64. The maximum atomic E-state index is 11.8. The van der Waals surface area contributed by atoms with E-state index in [0.717, 1.165) is 16.6 Å². The maximum Gasteiger partial charge on any atom is 0.313 e. The molecule has 3 heteroatoms. The third-order valence-electron chi connectivity index (χ3n) is 3.00. The lowest BCUT2D eigenvalue weighted by atomic mass is 9.99. The van der Waals surface area contributed by atoms with Gasteiger partial charge in [0.25, 0.3) is 0 Å². The molecule has 90 valence electrons. The van der Waals surface area contributed by atoms with Crippen molar-refractivity contribution in [1.29, 1.82) is 0 Å². The van der Waals surface area contributed by atoms with E-state index in [1.54, 1.807) is 0 Å². The Morgan fingerprint density at radius 3 is 2.94 bits per heavy atom. The molecule has 0 N–H and O–H groups in total. The second-order valence-corrected chi connectivity index (χ2v) is 4.19. The Balaban J connectivity index is 2.47. The highest BCUT2D eigenvalue weighted by Crippen LogP contribution is 2.27. The van der Waals surface area contributed by atoms with Crippen molar-refractivity contribution in [1.82, 2.24) is 4.40 Å². The fourth-order valence-electron chi connectivity index (χ4n) is 2.23. The van der Waals surface area contributed by atoms with Crippen LogP contribution in [-0.4, -0.2) is 17.0 Å². The lowest BCUT2D eigenvalue weighted by molar-refractivity contribution is -0.144. The monoisotopic (exact) mass is 231 g/mol. The molecule has 0 fully saturated rings. The highest BCUT2D eigenvalue weighted by Gasteiger charge is 2.21. The number of rotatable bonds is 3. The minimum atomic E-state index is -0.220. The van der Waals surface area contributed by atoms with Gasteiger partial charge in [-0.15, -0.1) is 0 Å². The molecule has 17 heavy (non-hydrogen) atoms. The van der Waals surface area contributed by atoms with Crippen molar-refractivity contribution in [2.24, 2.45) is 0 Å². The normalized spacial score (nSPS) is 12.6. The van der Waals surface area contributed by atoms with Crippen molar-refractivity contribution in [2.75, 3.05) is 6.61 Å². The molecule has 1 atom stereocenters. The van der Waals surface area contributed by atoms with E-state index >= 15 is 0 Å². The zero-order chi connectivity index (χ0) is 12.4. The first kappa shape index (κ1) is 11.7. The fourth-order valence-corrected chi connectivity index (χ4v) is 2.23. The molecule has 2 rings (SSSR count). The lowest BCUT2D eigenvalue weighted by Gasteiger charge is -2.11. The van der Waals surface area contributed by atoms with Crippen LogP contribution in [0.25, 0.3) is 5.52 Å². The van der Waals surface area contributed by atoms with Crippen LogP contribution in [0, 0.1) is 6.92 Å². The van der Waals surface area contributed by atoms with Gasteiger partial charge < -0.3 is 9.14 Å². The Bertz CT molecular complexity index is 542. The number of ether oxygens (including phenoxy) is 1. The number of hydrogen-bond donors (Lipinski definition) is 0. The van der Waals surface area contributed by atoms with Gasteiger partial charge in [-0.1, -0.05) is 6.07 Å². The van der Waals surface area contributed by atoms with Crippen molar-refractivity contribution in [2.45, 2.75) is 26.7 Å². The molecule has 0 saturated carbocycles. The fraction of sp³-hybridized carbons (Fsp3) is 0.357. The molecule has 3 nitrogen and oxygen atoms in total. The highest BCUT2D eigenvalue weighted by atomic mass is 16.5. The molecule has 0 aromatic carbocycles. The number of carbonyl (C=O) groups excluding carboxylic acids is 1. The minimum absolute atomic E-state index is 0.160. The van der Waals surface area contributed by atoms with Gasteiger partial charge in [-0.05, 0) is 44.0 Å². The van der Waals surface area contributed by atoms with Gasteiger partial charge in [-0.25, -0.2) is 0 Å². The van der Waals surface area contributed by atoms with Gasteiger partial charge in [0.15, 0.2) is 0 Å². The van der Waals surface area contributed by atoms with E-state index in [1.807, 2.05) is 55.8 Å². The number of pyridine rings is 1. The van der Waals surface area contributed by atoms with Crippen LogP contribution in [0.3, 0.4) is 0 Å². The molecule has 0 amide bonds. The Morgan fingerprint density at radius 2 is 2.24 bits per heavy atom. The number of aryl methyl sites for hydroxylation is 1. The Hall–Kier alpha value is -1.77. The van der Waals surface area contributed by atoms with Crippen LogP contribution in [0.5, 0.6) is 0 Å². The highest BCUT2D eigenvalue weighted by molar-refractivity contribution is 5.82. The van der Waals surface area contributed by atoms with E-state index in [1.165, 1.54) is 0 Å². The molecule has 0 spiro atoms. The predicted molar refractivity (Wildman–Crippen MR) is 67.2 cm³/mol. The summed E-state index contributed by atoms with van der Waals surface area (Å²) < 4.78 is 7.13. The zero-order valence-electron chi connectivity index (χ0n) is 10.4. The van der Waals surface area contributed by atoms with Crippen LogP contribution in [0.15, 0.2) is 30.6 Å². The summed E-state index contributed by atoms with van der Waals surface area (Å²) >= 11 is 0. The smallest absolute Gasteiger partial charge is 0.313 e. The molecular weight excluding hydrogens is 214 g/mol. The van der Waals surface area contributed by atoms with Gasteiger partial charge in [0.1, 0.15) is 0 Å². The number of carbonyl (C=O) groups is 1. The van der Waals surface area contributed by atoms with Gasteiger partial charge >= 0.3 is 5.97 Å². The molecule has 0 saturated heterocycles. The SMILES string of the molecule is CCOC(=O)C(C)c1c(C)cn2ccccc12. The van der Waals surface area contributed by atoms with E-state index in [9.17, 15) is 4.79 Å². The van der Waals surface area contributed by atoms with Crippen molar-refractivity contribution < 1.29 is 9.53 Å². The number of nitrogens with zero attached hydrogens (tertiary/aromatic N) is 1. The summed E-state index contributed by atoms with van der Waals surface area (Å²) in [6.45, 7) is 6.18. The summed E-state index contributed by atoms with van der Waals surface area (Å²) in [4.78, 5) is 11.8. The van der Waals surface area contributed by atoms with Crippen molar-refractivity contribution in [3.63, 3.8) is 0 Å². The Kier molecular flexibility index (Phi) is 3.18. The van der Waals surface area contributed by atoms with Gasteiger partial charge in [0, 0.05) is 17.9 Å². The van der Waals surface area contributed by atoms with E-state index in [-0.39, 0.29) is 11.9 Å². The quantitative estimate of drug-likeness (QED) is 0.760. The summed E-state index contributed by atoms with van der Waals surface area (Å²) in [6.07, 6.45) is 4.03. The molecule has 1 unspecified atom stereocenters. The lowest BCUT2D eigenvalue weighted by Crippen LogP contribution is -2.13. The van der Waals surface area contributed by atoms with Crippen molar-refractivity contribution in [3.8, 4) is 0 Å². The first-order valence-corrected chi connectivity index (χ1v) is 5.88. The maximum absolute atomic E-state index is 11.8. The first-order chi connectivity index (χ1) is 8.15. The largest absolute Gasteiger partial charge is 0.466 e. The van der Waals surface area contributed by atoms with Crippen molar-refractivity contribution in [3.05, 3.63) is 41.7 Å². The molecular formula is C14H17NO2. The van der Waals surface area contributed by atoms with Crippen LogP contribution >= 0.6 is 0 Å². The average molecular weight is 231 g/mol. The molecule has 0 aliphatic carbocycles. The van der Waals surface area contributed by atoms with Crippen LogP contribution in [0.4, 0.5) is 0 Å². The number of hydrogen-bond acceptors (Lipinski definition) is 2. The standard InChI is InChI=1S/C14H17NO2/c1-4-17-14(16)11(3)13-10(2)9-15-8-6-5-7-12(13)15/h5-9,11H,4H2,1-3H3. The summed E-state index contributed by atoms with van der Waals surface area (Å²) in [7, 11) is 0. The van der Waals surface area contributed by atoms with Crippen LogP contribution in [-0.2, 0) is 9.53 Å². The van der Waals surface area contributed by atoms with Crippen LogP contribution < -0.4 is 0 Å². The van der Waals surface area contributed by atoms with Gasteiger partial charge in [0.05, 0.1) is 12.5 Å². The third-order valence-corrected chi connectivity index (χ3v) is 3.00. The summed E-state index contributed by atoms with van der Waals surface area (Å²) in [5.74, 6) is -0.380. The Morgan fingerprint density at radius 1 is 1.47 bits per heavy atom. The van der Waals surface area contributed by atoms with E-state index in [2.05, 4.69) is 0 Å². The minimum Gasteiger partial charge on any atom is -0.466 e. The summed E-state index contributed by atoms with van der Waals surface area (Å²) in [6, 6.07) is 5.99. The molecule has 0 bridgehead atoms. The van der Waals surface area contributed by atoms with Gasteiger partial charge in [-0.3, -0.25) is 4.79 Å². The van der Waals surface area contributed by atoms with Crippen LogP contribution in [0.2, 0.25) is 0 Å².